The van der Waals surface area contributed by atoms with Crippen molar-refractivity contribution in [1.82, 2.24) is 0 Å². The molecule has 4 fully saturated rings. The van der Waals surface area contributed by atoms with Gasteiger partial charge in [-0.05, 0) is 135 Å². The van der Waals surface area contributed by atoms with Gasteiger partial charge >= 0.3 is 0 Å². The van der Waals surface area contributed by atoms with E-state index in [0.29, 0.717) is 41.1 Å². The zero-order valence-corrected chi connectivity index (χ0v) is 26.9. The number of allylic oxidation sites excluding steroid dienone is 6. The number of fused-ring (bicyclic) bond motifs is 10. The van der Waals surface area contributed by atoms with Gasteiger partial charge < -0.3 is 26.8 Å². The van der Waals surface area contributed by atoms with Gasteiger partial charge in [0.25, 0.3) is 0 Å². The van der Waals surface area contributed by atoms with Crippen molar-refractivity contribution in [3.63, 3.8) is 0 Å². The van der Waals surface area contributed by atoms with Crippen molar-refractivity contribution in [2.24, 2.45) is 80.0 Å². The molecular formula is C38H56N2O3. The van der Waals surface area contributed by atoms with E-state index in [1.54, 1.807) is 0 Å². The third-order valence-corrected chi connectivity index (χ3v) is 16.4. The molecule has 4 saturated carbocycles. The number of aliphatic hydroxyl groups is 3. The largest absolute Gasteiger partial charge is 0.512 e. The van der Waals surface area contributed by atoms with Crippen LogP contribution in [0, 0.1) is 68.5 Å². The number of nitrogens with two attached hydrogens (primary N) is 2. The highest BCUT2D eigenvalue weighted by Gasteiger charge is 2.70. The number of rotatable bonds is 1. The van der Waals surface area contributed by atoms with Gasteiger partial charge in [0.2, 0.25) is 0 Å². The maximum Gasteiger partial charge on any atom is 0.0944 e. The van der Waals surface area contributed by atoms with E-state index in [0.717, 1.165) is 57.8 Å². The Bertz CT molecular complexity index is 1330. The van der Waals surface area contributed by atoms with Crippen LogP contribution in [-0.2, 0) is 0 Å². The Hall–Kier alpha value is -1.56. The van der Waals surface area contributed by atoms with Crippen LogP contribution in [0.1, 0.15) is 98.3 Å². The summed E-state index contributed by atoms with van der Waals surface area (Å²) in [6.07, 6.45) is 22.1. The molecule has 0 aliphatic heterocycles. The molecule has 5 nitrogen and oxygen atoms in total. The van der Waals surface area contributed by atoms with E-state index < -0.39 is 6.10 Å². The Morgan fingerprint density at radius 1 is 0.767 bits per heavy atom. The molecule has 0 heterocycles. The Balaban J connectivity index is 1.25. The van der Waals surface area contributed by atoms with Crippen LogP contribution < -0.4 is 11.5 Å². The second kappa shape index (κ2) is 9.04. The lowest BCUT2D eigenvalue weighted by Gasteiger charge is -2.70. The lowest BCUT2D eigenvalue weighted by Crippen LogP contribution is -2.66. The first-order valence-electron chi connectivity index (χ1n) is 17.7. The molecule has 5 unspecified atom stereocenters. The number of hydrogen-bond donors (Lipinski definition) is 5. The zero-order valence-electron chi connectivity index (χ0n) is 26.9. The molecule has 0 aromatic carbocycles. The van der Waals surface area contributed by atoms with Crippen LogP contribution in [0.4, 0.5) is 0 Å². The van der Waals surface area contributed by atoms with E-state index in [1.807, 2.05) is 6.08 Å². The lowest BCUT2D eigenvalue weighted by molar-refractivity contribution is -0.175. The van der Waals surface area contributed by atoms with Crippen molar-refractivity contribution in [3.05, 3.63) is 47.5 Å². The molecular weight excluding hydrogens is 532 g/mol. The van der Waals surface area contributed by atoms with Gasteiger partial charge in [0, 0.05) is 28.3 Å². The average Bonchev–Trinajstić information content (AvgIpc) is 3.44. The summed E-state index contributed by atoms with van der Waals surface area (Å²) in [5, 5.41) is 34.3. The molecule has 8 aliphatic carbocycles. The molecule has 0 bridgehead atoms. The maximum absolute atomic E-state index is 12.4. The Morgan fingerprint density at radius 2 is 1.42 bits per heavy atom. The van der Waals surface area contributed by atoms with Crippen molar-refractivity contribution in [3.8, 4) is 0 Å². The predicted octanol–water partition coefficient (Wildman–Crippen LogP) is 7.09. The topological polar surface area (TPSA) is 113 Å². The van der Waals surface area contributed by atoms with Crippen molar-refractivity contribution >= 4 is 0 Å². The molecule has 15 atom stereocenters. The molecule has 7 N–H and O–H groups in total. The van der Waals surface area contributed by atoms with E-state index in [1.165, 1.54) is 18.4 Å². The van der Waals surface area contributed by atoms with Gasteiger partial charge in [0.15, 0.2) is 0 Å². The minimum absolute atomic E-state index is 0.00735. The fraction of sp³-hybridized carbons (Fsp3) is 0.789. The van der Waals surface area contributed by atoms with Crippen molar-refractivity contribution in [2.45, 2.75) is 117 Å². The first-order valence-corrected chi connectivity index (χ1v) is 17.7. The van der Waals surface area contributed by atoms with Crippen LogP contribution in [0.25, 0.3) is 0 Å². The van der Waals surface area contributed by atoms with Crippen LogP contribution in [-0.4, -0.2) is 33.5 Å². The van der Waals surface area contributed by atoms with Gasteiger partial charge in [-0.2, -0.15) is 0 Å². The molecule has 0 saturated heterocycles. The van der Waals surface area contributed by atoms with Crippen LogP contribution in [0.2, 0.25) is 0 Å². The first kappa shape index (κ1) is 28.9. The summed E-state index contributed by atoms with van der Waals surface area (Å²) in [6.45, 7) is 9.67. The van der Waals surface area contributed by atoms with E-state index in [2.05, 4.69) is 52.0 Å². The van der Waals surface area contributed by atoms with Gasteiger partial charge in [-0.1, -0.05) is 51.5 Å². The minimum atomic E-state index is -0.424. The highest BCUT2D eigenvalue weighted by molar-refractivity contribution is 5.41. The van der Waals surface area contributed by atoms with E-state index in [-0.39, 0.29) is 51.0 Å². The van der Waals surface area contributed by atoms with E-state index >= 15 is 0 Å². The zero-order chi connectivity index (χ0) is 30.3. The maximum atomic E-state index is 12.4. The Morgan fingerprint density at radius 3 is 2.14 bits per heavy atom. The molecule has 0 aromatic heterocycles. The summed E-state index contributed by atoms with van der Waals surface area (Å²) in [4.78, 5) is 0. The predicted molar refractivity (Wildman–Crippen MR) is 171 cm³/mol. The molecule has 0 spiro atoms. The van der Waals surface area contributed by atoms with Crippen molar-refractivity contribution in [1.29, 1.82) is 0 Å². The molecule has 0 radical (unpaired) electrons. The van der Waals surface area contributed by atoms with Crippen LogP contribution >= 0.6 is 0 Å². The van der Waals surface area contributed by atoms with E-state index in [4.69, 9.17) is 11.5 Å². The summed E-state index contributed by atoms with van der Waals surface area (Å²) in [6, 6.07) is 0.00547. The quantitative estimate of drug-likeness (QED) is 0.210. The molecule has 43 heavy (non-hydrogen) atoms. The monoisotopic (exact) mass is 588 g/mol. The molecule has 0 aromatic rings. The summed E-state index contributed by atoms with van der Waals surface area (Å²) in [5.41, 5.74) is 14.8. The van der Waals surface area contributed by atoms with Gasteiger partial charge in [0.05, 0.1) is 17.6 Å². The minimum Gasteiger partial charge on any atom is -0.512 e. The molecule has 8 rings (SSSR count). The third-order valence-electron chi connectivity index (χ3n) is 16.4. The summed E-state index contributed by atoms with van der Waals surface area (Å²) >= 11 is 0. The third kappa shape index (κ3) is 3.41. The smallest absolute Gasteiger partial charge is 0.0944 e. The van der Waals surface area contributed by atoms with Gasteiger partial charge in [-0.15, -0.1) is 0 Å². The van der Waals surface area contributed by atoms with Crippen molar-refractivity contribution in [2.75, 3.05) is 0 Å². The normalized spacial score (nSPS) is 58.5. The molecule has 0 amide bonds. The van der Waals surface area contributed by atoms with E-state index in [9.17, 15) is 15.3 Å². The lowest BCUT2D eigenvalue weighted by atomic mass is 9.34. The fourth-order valence-electron chi connectivity index (χ4n) is 14.2. The number of hydrogen-bond acceptors (Lipinski definition) is 5. The van der Waals surface area contributed by atoms with Crippen LogP contribution in [0.15, 0.2) is 47.5 Å². The second-order valence-electron chi connectivity index (χ2n) is 17.6. The highest BCUT2D eigenvalue weighted by atomic mass is 16.3. The van der Waals surface area contributed by atoms with Crippen LogP contribution in [0.5, 0.6) is 0 Å². The molecule has 8 aliphatic rings. The summed E-state index contributed by atoms with van der Waals surface area (Å²) in [7, 11) is 0. The van der Waals surface area contributed by atoms with Gasteiger partial charge in [-0.3, -0.25) is 0 Å². The highest BCUT2D eigenvalue weighted by Crippen LogP contribution is 2.76. The molecule has 236 valence electrons. The van der Waals surface area contributed by atoms with Gasteiger partial charge in [-0.25, -0.2) is 0 Å². The number of aliphatic hydroxyl groups excluding tert-OH is 3. The van der Waals surface area contributed by atoms with Crippen molar-refractivity contribution < 1.29 is 15.3 Å². The fourth-order valence-corrected chi connectivity index (χ4v) is 14.2. The standard InChI is InChI=1S/C38H56N2O3/c1-34-14-12-26-24(25(34)7-9-31(34)42)6-5-21-17-23(40)18-30(37(21,26)4)38-19-22(39)11-16-36(38,3)28-13-15-35(2)27(8-10-32(35)43)33(28)29(41)20-38/h9-11,16,18,21-29,33,41-43H,5-8,12-15,17,19-20,39-40H2,1-4H3/t21?,22?,23?,24-,25-,26+,27-,28+,29?,33-,34-,35-,36+,37-,38?/m0/s1. The van der Waals surface area contributed by atoms with Crippen LogP contribution in [0.3, 0.4) is 0 Å². The Labute approximate surface area is 258 Å². The summed E-state index contributed by atoms with van der Waals surface area (Å²) < 4.78 is 0. The average molecular weight is 589 g/mol. The Kier molecular flexibility index (Phi) is 6.07. The first-order chi connectivity index (χ1) is 20.3. The van der Waals surface area contributed by atoms with Gasteiger partial charge in [0.1, 0.15) is 0 Å². The second-order valence-corrected chi connectivity index (χ2v) is 17.6. The SMILES string of the molecule is C[C@]12C(C34CC(N)C=C[C@]3(C)[C@@H]3CC[C@]5(C)C(O)=CC[C@H]5[C@@H]3C(O)C4)=CC(N)CC1CC[C@@H]1[C@H]2CC[C@]2(C)C(O)=CC[C@@H]12. The molecule has 5 heteroatoms. The summed E-state index contributed by atoms with van der Waals surface area (Å²) in [5.74, 6) is 4.18.